The van der Waals surface area contributed by atoms with Crippen molar-refractivity contribution in [1.29, 1.82) is 0 Å². The number of nitrogens with zero attached hydrogens (tertiary/aromatic N) is 2. The molecule has 0 aliphatic carbocycles. The molecular formula is C28H30F5N3O3. The Balaban J connectivity index is 1.40. The molecule has 0 saturated carbocycles. The van der Waals surface area contributed by atoms with Crippen LogP contribution in [0.3, 0.4) is 0 Å². The standard InChI is InChI=1S/C28H30F5N3O3/c1-39-18-4-5-25-20(15-18)26(24(33)16-34-25)21(30)6-7-28(27(37)35-38)8-11-36(12-9-28)10-2-3-19-22(31)13-17(29)14-23(19)32/h4-5,13-16,21,38H,2-3,6-12H2,1H3,(H,35,37)/t21-/m1/s1. The van der Waals surface area contributed by atoms with E-state index in [9.17, 15) is 27.6 Å². The van der Waals surface area contributed by atoms with Crippen molar-refractivity contribution in [3.05, 3.63) is 70.9 Å². The lowest BCUT2D eigenvalue weighted by Gasteiger charge is -2.40. The summed E-state index contributed by atoms with van der Waals surface area (Å²) in [4.78, 5) is 18.7. The van der Waals surface area contributed by atoms with Crippen LogP contribution in [0, 0.1) is 28.7 Å². The Morgan fingerprint density at radius 2 is 1.82 bits per heavy atom. The van der Waals surface area contributed by atoms with Crippen molar-refractivity contribution >= 4 is 16.8 Å². The first-order chi connectivity index (χ1) is 18.7. The SMILES string of the molecule is COc1ccc2ncc(F)c([C@H](F)CCC3(C(=O)NO)CCN(CCCc4c(F)cc(F)cc4F)CC3)c2c1. The molecule has 1 fully saturated rings. The predicted octanol–water partition coefficient (Wildman–Crippen LogP) is 5.81. The average molecular weight is 552 g/mol. The van der Waals surface area contributed by atoms with E-state index in [2.05, 4.69) is 4.98 Å². The third-order valence-electron chi connectivity index (χ3n) is 7.66. The van der Waals surface area contributed by atoms with Crippen molar-refractivity contribution < 1.29 is 36.7 Å². The highest BCUT2D eigenvalue weighted by atomic mass is 19.2. The van der Waals surface area contributed by atoms with Gasteiger partial charge in [0.1, 0.15) is 35.2 Å². The molecule has 1 aliphatic heterocycles. The van der Waals surface area contributed by atoms with Crippen LogP contribution in [-0.4, -0.2) is 47.7 Å². The van der Waals surface area contributed by atoms with E-state index in [0.29, 0.717) is 62.3 Å². The number of carbonyl (C=O) groups excluding carboxylic acids is 1. The van der Waals surface area contributed by atoms with Crippen LogP contribution in [0.1, 0.15) is 49.4 Å². The van der Waals surface area contributed by atoms with Gasteiger partial charge < -0.3 is 9.64 Å². The summed E-state index contributed by atoms with van der Waals surface area (Å²) in [5.74, 6) is -3.83. The topological polar surface area (TPSA) is 74.7 Å². The Bertz CT molecular complexity index is 1310. The number of amides is 1. The van der Waals surface area contributed by atoms with E-state index in [1.807, 2.05) is 4.90 Å². The van der Waals surface area contributed by atoms with Crippen LogP contribution in [0.2, 0.25) is 0 Å². The molecule has 3 aromatic rings. The van der Waals surface area contributed by atoms with Gasteiger partial charge in [-0.15, -0.1) is 0 Å². The summed E-state index contributed by atoms with van der Waals surface area (Å²) in [5.41, 5.74) is 0.706. The zero-order chi connectivity index (χ0) is 28.2. The third kappa shape index (κ3) is 6.30. The van der Waals surface area contributed by atoms with Crippen LogP contribution in [0.25, 0.3) is 10.9 Å². The molecule has 0 bridgehead atoms. The number of rotatable bonds is 10. The quantitative estimate of drug-likeness (QED) is 0.189. The molecule has 0 radical (unpaired) electrons. The maximum absolute atomic E-state index is 15.6. The molecule has 0 unspecified atom stereocenters. The fourth-order valence-corrected chi connectivity index (χ4v) is 5.36. The van der Waals surface area contributed by atoms with Crippen molar-refractivity contribution in [3.63, 3.8) is 0 Å². The second-order valence-electron chi connectivity index (χ2n) is 9.92. The first-order valence-corrected chi connectivity index (χ1v) is 12.7. The minimum Gasteiger partial charge on any atom is -0.497 e. The summed E-state index contributed by atoms with van der Waals surface area (Å²) in [6.45, 7) is 1.35. The molecule has 39 heavy (non-hydrogen) atoms. The molecule has 1 aliphatic rings. The Kier molecular flexibility index (Phi) is 9.01. The number of piperidine rings is 1. The van der Waals surface area contributed by atoms with Gasteiger partial charge >= 0.3 is 0 Å². The molecule has 1 amide bonds. The van der Waals surface area contributed by atoms with Crippen molar-refractivity contribution in [1.82, 2.24) is 15.4 Å². The van der Waals surface area contributed by atoms with Gasteiger partial charge in [0.25, 0.3) is 0 Å². The molecule has 1 atom stereocenters. The first-order valence-electron chi connectivity index (χ1n) is 12.7. The Hall–Kier alpha value is -3.31. The minimum absolute atomic E-state index is 0.0631. The molecule has 4 rings (SSSR count). The highest BCUT2D eigenvalue weighted by molar-refractivity contribution is 5.84. The lowest BCUT2D eigenvalue weighted by molar-refractivity contribution is -0.143. The smallest absolute Gasteiger partial charge is 0.249 e. The molecule has 1 aromatic heterocycles. The van der Waals surface area contributed by atoms with Gasteiger partial charge in [-0.25, -0.2) is 27.4 Å². The van der Waals surface area contributed by atoms with Gasteiger partial charge in [-0.1, -0.05) is 0 Å². The Morgan fingerprint density at radius 3 is 2.46 bits per heavy atom. The fraction of sp³-hybridized carbons (Fsp3) is 0.429. The number of nitrogens with one attached hydrogen (secondary N) is 1. The number of hydrogen-bond donors (Lipinski definition) is 2. The van der Waals surface area contributed by atoms with E-state index in [0.717, 1.165) is 6.20 Å². The summed E-state index contributed by atoms with van der Waals surface area (Å²) in [6, 6.07) is 6.07. The third-order valence-corrected chi connectivity index (χ3v) is 7.66. The van der Waals surface area contributed by atoms with Crippen LogP contribution in [-0.2, 0) is 11.2 Å². The second kappa shape index (κ2) is 12.3. The fourth-order valence-electron chi connectivity index (χ4n) is 5.36. The van der Waals surface area contributed by atoms with Crippen LogP contribution in [0.4, 0.5) is 22.0 Å². The minimum atomic E-state index is -1.73. The molecule has 6 nitrogen and oxygen atoms in total. The van der Waals surface area contributed by atoms with E-state index in [1.54, 1.807) is 17.6 Å². The van der Waals surface area contributed by atoms with E-state index in [1.165, 1.54) is 13.2 Å². The number of benzene rings is 2. The van der Waals surface area contributed by atoms with Gasteiger partial charge in [0, 0.05) is 28.6 Å². The van der Waals surface area contributed by atoms with Crippen molar-refractivity contribution in [2.24, 2.45) is 5.41 Å². The van der Waals surface area contributed by atoms with E-state index >= 15 is 4.39 Å². The highest BCUT2D eigenvalue weighted by Crippen LogP contribution is 2.41. The van der Waals surface area contributed by atoms with Gasteiger partial charge in [-0.05, 0) is 76.4 Å². The number of pyridine rings is 1. The number of aromatic nitrogens is 1. The summed E-state index contributed by atoms with van der Waals surface area (Å²) < 4.78 is 76.4. The lowest BCUT2D eigenvalue weighted by Crippen LogP contribution is -2.48. The second-order valence-corrected chi connectivity index (χ2v) is 9.92. The first kappa shape index (κ1) is 28.7. The zero-order valence-electron chi connectivity index (χ0n) is 21.5. The van der Waals surface area contributed by atoms with E-state index in [4.69, 9.17) is 4.74 Å². The Labute approximate surface area is 222 Å². The van der Waals surface area contributed by atoms with Crippen LogP contribution in [0.5, 0.6) is 5.75 Å². The van der Waals surface area contributed by atoms with Gasteiger partial charge in [-0.3, -0.25) is 15.0 Å². The number of fused-ring (bicyclic) bond motifs is 1. The number of methoxy groups -OCH3 is 1. The highest BCUT2D eigenvalue weighted by Gasteiger charge is 2.41. The maximum Gasteiger partial charge on any atom is 0.249 e. The number of ether oxygens (including phenoxy) is 1. The number of halogens is 5. The van der Waals surface area contributed by atoms with Gasteiger partial charge in [0.15, 0.2) is 0 Å². The largest absolute Gasteiger partial charge is 0.497 e. The molecule has 11 heteroatoms. The van der Waals surface area contributed by atoms with Gasteiger partial charge in [-0.2, -0.15) is 0 Å². The van der Waals surface area contributed by atoms with Gasteiger partial charge in [0.05, 0.1) is 24.2 Å². The van der Waals surface area contributed by atoms with Gasteiger partial charge in [0.2, 0.25) is 5.91 Å². The van der Waals surface area contributed by atoms with Crippen LogP contribution >= 0.6 is 0 Å². The molecule has 1 saturated heterocycles. The molecule has 2 aromatic carbocycles. The number of carbonyl (C=O) groups is 1. The van der Waals surface area contributed by atoms with E-state index in [-0.39, 0.29) is 35.8 Å². The van der Waals surface area contributed by atoms with Crippen molar-refractivity contribution in [2.45, 2.75) is 44.7 Å². The Morgan fingerprint density at radius 1 is 1.13 bits per heavy atom. The number of alkyl halides is 1. The normalized spacial score (nSPS) is 16.3. The maximum atomic E-state index is 15.6. The summed E-state index contributed by atoms with van der Waals surface area (Å²) in [5, 5.41) is 9.68. The molecule has 210 valence electrons. The summed E-state index contributed by atoms with van der Waals surface area (Å²) >= 11 is 0. The summed E-state index contributed by atoms with van der Waals surface area (Å²) in [6.07, 6.45) is 0.230. The molecule has 2 N–H and O–H groups in total. The monoisotopic (exact) mass is 551 g/mol. The predicted molar refractivity (Wildman–Crippen MR) is 134 cm³/mol. The zero-order valence-corrected chi connectivity index (χ0v) is 21.5. The molecule has 0 spiro atoms. The lowest BCUT2D eigenvalue weighted by atomic mass is 9.73. The number of hydroxylamine groups is 1. The number of hydrogen-bond acceptors (Lipinski definition) is 5. The summed E-state index contributed by atoms with van der Waals surface area (Å²) in [7, 11) is 1.45. The molecule has 2 heterocycles. The van der Waals surface area contributed by atoms with Crippen molar-refractivity contribution in [2.75, 3.05) is 26.7 Å². The van der Waals surface area contributed by atoms with Crippen LogP contribution < -0.4 is 10.2 Å². The van der Waals surface area contributed by atoms with Crippen molar-refractivity contribution in [3.8, 4) is 5.75 Å². The van der Waals surface area contributed by atoms with Crippen LogP contribution in [0.15, 0.2) is 36.5 Å². The number of likely N-dealkylation sites (tertiary alicyclic amines) is 1. The average Bonchev–Trinajstić information content (AvgIpc) is 2.93. The van der Waals surface area contributed by atoms with E-state index < -0.39 is 40.8 Å². The molecular weight excluding hydrogens is 521 g/mol.